The van der Waals surface area contributed by atoms with Crippen LogP contribution in [0, 0.1) is 0 Å². The van der Waals surface area contributed by atoms with Crippen LogP contribution in [0.25, 0.3) is 0 Å². The Hall–Kier alpha value is -0.510. The molecular weight excluding hydrogens is 191 g/mol. The Bertz CT molecular complexity index is 242. The second-order valence-corrected chi connectivity index (χ2v) is 4.21. The highest BCUT2D eigenvalue weighted by molar-refractivity contribution is 5.18. The predicted molar refractivity (Wildman–Crippen MR) is 49.2 cm³/mol. The number of hydrogen-bond donors (Lipinski definition) is 1. The quantitative estimate of drug-likeness (QED) is 0.576. The number of hydrogen-bond acceptors (Lipinski definition) is 0. The molecule has 82 valence electrons. The van der Waals surface area contributed by atoms with E-state index in [-0.39, 0.29) is 18.0 Å². The van der Waals surface area contributed by atoms with Gasteiger partial charge in [0.2, 0.25) is 0 Å². The number of nitrogens with one attached hydrogen (secondary N) is 1. The molecule has 0 amide bonds. The van der Waals surface area contributed by atoms with Crippen LogP contribution in [0.15, 0.2) is 11.1 Å². The molecule has 0 aromatic heterocycles. The fourth-order valence-corrected chi connectivity index (χ4v) is 1.79. The van der Waals surface area contributed by atoms with Gasteiger partial charge in [0.25, 0.3) is 0 Å². The summed E-state index contributed by atoms with van der Waals surface area (Å²) in [5.74, 6) is 0. The highest BCUT2D eigenvalue weighted by Gasteiger charge is 2.38. The first-order chi connectivity index (χ1) is 6.32. The van der Waals surface area contributed by atoms with Crippen molar-refractivity contribution < 1.29 is 18.1 Å². The van der Waals surface area contributed by atoms with Crippen molar-refractivity contribution in [3.63, 3.8) is 0 Å². The molecule has 0 saturated carbocycles. The van der Waals surface area contributed by atoms with Crippen molar-refractivity contribution in [2.24, 2.45) is 0 Å². The maximum absolute atomic E-state index is 12.6. The molecule has 14 heavy (non-hydrogen) atoms. The topological polar surface area (TPSA) is 4.44 Å². The molecule has 2 unspecified atom stereocenters. The van der Waals surface area contributed by atoms with Gasteiger partial charge in [-0.3, -0.25) is 0 Å². The molecule has 1 aliphatic rings. The molecule has 1 rings (SSSR count). The number of rotatable bonds is 0. The number of alkyl halides is 3. The lowest BCUT2D eigenvalue weighted by Crippen LogP contribution is -3.12. The lowest BCUT2D eigenvalue weighted by atomic mass is 10.0. The van der Waals surface area contributed by atoms with Crippen LogP contribution >= 0.6 is 0 Å². The zero-order valence-corrected chi connectivity index (χ0v) is 8.83. The van der Waals surface area contributed by atoms with Crippen molar-refractivity contribution in [1.29, 1.82) is 0 Å². The summed E-state index contributed by atoms with van der Waals surface area (Å²) in [7, 11) is 1.96. The first-order valence-electron chi connectivity index (χ1n) is 4.90. The van der Waals surface area contributed by atoms with Crippen molar-refractivity contribution in [3.05, 3.63) is 11.1 Å². The number of quaternary nitrogens is 1. The third kappa shape index (κ3) is 2.50. The molecule has 0 bridgehead atoms. The molecule has 1 nitrogen and oxygen atoms in total. The fraction of sp³-hybridized carbons (Fsp3) is 0.800. The second kappa shape index (κ2) is 3.93. The molecule has 0 aromatic rings. The largest absolute Gasteiger partial charge is 0.412 e. The summed E-state index contributed by atoms with van der Waals surface area (Å²) in [5.41, 5.74) is 0.211. The van der Waals surface area contributed by atoms with Crippen molar-refractivity contribution in [3.8, 4) is 0 Å². The van der Waals surface area contributed by atoms with Gasteiger partial charge in [-0.1, -0.05) is 5.57 Å². The Morgan fingerprint density at radius 3 is 2.43 bits per heavy atom. The van der Waals surface area contributed by atoms with Crippen LogP contribution in [0.2, 0.25) is 0 Å². The summed E-state index contributed by atoms with van der Waals surface area (Å²) < 4.78 is 37.8. The van der Waals surface area contributed by atoms with Crippen molar-refractivity contribution in [2.45, 2.75) is 38.9 Å². The molecule has 1 heterocycles. The predicted octanol–water partition coefficient (Wildman–Crippen LogP) is 1.56. The Morgan fingerprint density at radius 2 is 1.93 bits per heavy atom. The smallest absolute Gasteiger partial charge is 0.335 e. The van der Waals surface area contributed by atoms with E-state index in [9.17, 15) is 13.2 Å². The summed E-state index contributed by atoms with van der Waals surface area (Å²) in [6.45, 7) is 4.28. The Labute approximate surface area is 82.6 Å². The van der Waals surface area contributed by atoms with E-state index >= 15 is 0 Å². The van der Waals surface area contributed by atoms with Gasteiger partial charge in [-0.25, -0.2) is 0 Å². The van der Waals surface area contributed by atoms with Gasteiger partial charge in [0.05, 0.1) is 19.6 Å². The van der Waals surface area contributed by atoms with Crippen LogP contribution in [0.1, 0.15) is 26.7 Å². The highest BCUT2D eigenvalue weighted by Crippen LogP contribution is 2.32. The van der Waals surface area contributed by atoms with Crippen molar-refractivity contribution >= 4 is 0 Å². The minimum atomic E-state index is -4.14. The second-order valence-electron chi connectivity index (χ2n) is 4.21. The van der Waals surface area contributed by atoms with E-state index in [4.69, 9.17) is 0 Å². The summed E-state index contributed by atoms with van der Waals surface area (Å²) >= 11 is 0. The monoisotopic (exact) mass is 208 g/mol. The average Bonchev–Trinajstić information content (AvgIpc) is 2.17. The summed E-state index contributed by atoms with van der Waals surface area (Å²) in [6, 6.07) is 0.0593. The molecule has 0 saturated heterocycles. The molecule has 0 radical (unpaired) electrons. The van der Waals surface area contributed by atoms with Crippen molar-refractivity contribution in [2.75, 3.05) is 13.6 Å². The zero-order chi connectivity index (χ0) is 10.9. The normalized spacial score (nSPS) is 30.4. The lowest BCUT2D eigenvalue weighted by Gasteiger charge is -2.20. The van der Waals surface area contributed by atoms with Crippen LogP contribution in [0.4, 0.5) is 13.2 Å². The molecule has 2 atom stereocenters. The fourth-order valence-electron chi connectivity index (χ4n) is 1.79. The van der Waals surface area contributed by atoms with Crippen molar-refractivity contribution in [1.82, 2.24) is 0 Å². The summed E-state index contributed by atoms with van der Waals surface area (Å²) in [5, 5.41) is 0. The van der Waals surface area contributed by atoms with Crippen LogP contribution < -0.4 is 4.90 Å². The van der Waals surface area contributed by atoms with Crippen LogP contribution in [0.5, 0.6) is 0 Å². The molecule has 4 heteroatoms. The molecule has 0 aliphatic carbocycles. The maximum atomic E-state index is 12.6. The Balaban J connectivity index is 2.91. The van der Waals surface area contributed by atoms with E-state index in [0.717, 1.165) is 6.54 Å². The minimum absolute atomic E-state index is 0.0593. The number of halogens is 3. The highest BCUT2D eigenvalue weighted by atomic mass is 19.4. The molecule has 1 N–H and O–H groups in total. The van der Waals surface area contributed by atoms with E-state index < -0.39 is 6.18 Å². The van der Waals surface area contributed by atoms with E-state index in [0.29, 0.717) is 12.0 Å². The molecular formula is C10H17F3N+. The third-order valence-corrected chi connectivity index (χ3v) is 3.10. The zero-order valence-electron chi connectivity index (χ0n) is 8.83. The molecule has 0 spiro atoms. The van der Waals surface area contributed by atoms with Gasteiger partial charge in [-0.15, -0.1) is 0 Å². The molecule has 0 fully saturated rings. The van der Waals surface area contributed by atoms with Gasteiger partial charge < -0.3 is 4.90 Å². The van der Waals surface area contributed by atoms with Gasteiger partial charge >= 0.3 is 6.18 Å². The van der Waals surface area contributed by atoms with Gasteiger partial charge in [0.15, 0.2) is 0 Å². The first-order valence-corrected chi connectivity index (χ1v) is 4.90. The van der Waals surface area contributed by atoms with E-state index in [1.807, 2.05) is 14.0 Å². The standard InChI is InChI=1S/C10H16F3N/c1-7-4-5-14(3)8(2)6-9(7)10(11,12)13/h8H,4-6H2,1-3H3/p+1. The molecule has 1 aliphatic heterocycles. The average molecular weight is 208 g/mol. The van der Waals surface area contributed by atoms with Gasteiger partial charge in [0, 0.05) is 18.4 Å². The maximum Gasteiger partial charge on any atom is 0.412 e. The summed E-state index contributed by atoms with van der Waals surface area (Å²) in [4.78, 5) is 1.18. The van der Waals surface area contributed by atoms with Gasteiger partial charge in [0.1, 0.15) is 0 Å². The van der Waals surface area contributed by atoms with Gasteiger partial charge in [-0.05, 0) is 13.8 Å². The third-order valence-electron chi connectivity index (χ3n) is 3.10. The van der Waals surface area contributed by atoms with E-state index in [2.05, 4.69) is 0 Å². The van der Waals surface area contributed by atoms with Crippen LogP contribution in [0.3, 0.4) is 0 Å². The van der Waals surface area contributed by atoms with E-state index in [1.54, 1.807) is 6.92 Å². The minimum Gasteiger partial charge on any atom is -0.335 e. The summed E-state index contributed by atoms with van der Waals surface area (Å²) in [6.07, 6.45) is -3.42. The van der Waals surface area contributed by atoms with Crippen LogP contribution in [-0.4, -0.2) is 25.8 Å². The SMILES string of the molecule is CC1=C(C(F)(F)F)CC(C)[NH+](C)CC1. The molecule has 0 aromatic carbocycles. The Morgan fingerprint density at radius 1 is 1.36 bits per heavy atom. The first kappa shape index (κ1) is 11.6. The lowest BCUT2D eigenvalue weighted by molar-refractivity contribution is -0.902. The van der Waals surface area contributed by atoms with Crippen LogP contribution in [-0.2, 0) is 0 Å². The van der Waals surface area contributed by atoms with E-state index in [1.165, 1.54) is 4.90 Å². The Kier molecular flexibility index (Phi) is 3.24. The van der Waals surface area contributed by atoms with Gasteiger partial charge in [-0.2, -0.15) is 13.2 Å².